The van der Waals surface area contributed by atoms with Gasteiger partial charge < -0.3 is 34.7 Å². The van der Waals surface area contributed by atoms with Gasteiger partial charge in [0.25, 0.3) is 0 Å². The summed E-state index contributed by atoms with van der Waals surface area (Å²) < 4.78 is 25.6. The van der Waals surface area contributed by atoms with E-state index in [4.69, 9.17) is 24.7 Å². The van der Waals surface area contributed by atoms with E-state index in [1.165, 1.54) is 13.0 Å². The Labute approximate surface area is 173 Å². The number of rotatable bonds is 8. The number of hydrogen-bond acceptors (Lipinski definition) is 11. The van der Waals surface area contributed by atoms with Gasteiger partial charge in [-0.1, -0.05) is 0 Å². The van der Waals surface area contributed by atoms with Gasteiger partial charge in [0.15, 0.2) is 18.3 Å². The van der Waals surface area contributed by atoms with Gasteiger partial charge in [0.1, 0.15) is 6.61 Å². The first-order valence-electron chi connectivity index (χ1n) is 8.93. The van der Waals surface area contributed by atoms with Crippen LogP contribution in [0.5, 0.6) is 0 Å². The standard InChI is InChI=1S/C18H26N2O10/c1-8(21)20-15-12(19)6-13(18(25)26-5)30-17(15)16(29-11(4)24)14(28-10(3)23)7-27-9(2)22/h6,12,14-17H,7,19H2,1-5H3,(H,20,21)/t12-,14+,15+,16+,17+/m1/s1. The van der Waals surface area contributed by atoms with Crippen molar-refractivity contribution in [1.82, 2.24) is 5.32 Å². The summed E-state index contributed by atoms with van der Waals surface area (Å²) in [5.74, 6) is -3.85. The van der Waals surface area contributed by atoms with Gasteiger partial charge in [-0.05, 0) is 6.08 Å². The second-order valence-electron chi connectivity index (χ2n) is 6.43. The lowest BCUT2D eigenvalue weighted by atomic mass is 9.92. The third-order valence-corrected chi connectivity index (χ3v) is 3.89. The normalized spacial score (nSPS) is 22.3. The molecule has 1 aliphatic rings. The van der Waals surface area contributed by atoms with Gasteiger partial charge in [0.05, 0.1) is 19.2 Å². The van der Waals surface area contributed by atoms with Crippen molar-refractivity contribution in [1.29, 1.82) is 0 Å². The molecule has 0 aromatic rings. The minimum atomic E-state index is -1.40. The third kappa shape index (κ3) is 7.35. The lowest BCUT2D eigenvalue weighted by Crippen LogP contribution is -2.63. The number of methoxy groups -OCH3 is 1. The van der Waals surface area contributed by atoms with Crippen molar-refractivity contribution < 1.29 is 47.7 Å². The molecule has 12 nitrogen and oxygen atoms in total. The minimum Gasteiger partial charge on any atom is -0.477 e. The molecule has 12 heteroatoms. The maximum absolute atomic E-state index is 12.0. The molecule has 0 spiro atoms. The van der Waals surface area contributed by atoms with Crippen molar-refractivity contribution >= 4 is 29.8 Å². The largest absolute Gasteiger partial charge is 0.477 e. The van der Waals surface area contributed by atoms with E-state index in [1.54, 1.807) is 0 Å². The summed E-state index contributed by atoms with van der Waals surface area (Å²) in [6, 6.07) is -1.94. The molecule has 1 amide bonds. The van der Waals surface area contributed by atoms with Crippen molar-refractivity contribution in [3.05, 3.63) is 11.8 Å². The van der Waals surface area contributed by atoms with E-state index < -0.39 is 66.8 Å². The van der Waals surface area contributed by atoms with E-state index in [9.17, 15) is 24.0 Å². The Morgan fingerprint density at radius 1 is 1.07 bits per heavy atom. The number of nitrogens with two attached hydrogens (primary N) is 1. The van der Waals surface area contributed by atoms with E-state index in [1.807, 2.05) is 0 Å². The zero-order valence-corrected chi connectivity index (χ0v) is 17.3. The molecule has 0 unspecified atom stereocenters. The molecular formula is C18H26N2O10. The minimum absolute atomic E-state index is 0.289. The molecule has 0 aromatic heterocycles. The zero-order chi connectivity index (χ0) is 23.0. The first-order chi connectivity index (χ1) is 14.0. The molecule has 30 heavy (non-hydrogen) atoms. The van der Waals surface area contributed by atoms with E-state index in [0.717, 1.165) is 27.9 Å². The maximum Gasteiger partial charge on any atom is 0.373 e. The predicted molar refractivity (Wildman–Crippen MR) is 98.3 cm³/mol. The predicted octanol–water partition coefficient (Wildman–Crippen LogP) is -1.30. The summed E-state index contributed by atoms with van der Waals surface area (Å²) >= 11 is 0. The second-order valence-corrected chi connectivity index (χ2v) is 6.43. The Morgan fingerprint density at radius 2 is 1.67 bits per heavy atom. The van der Waals surface area contributed by atoms with E-state index in [-0.39, 0.29) is 5.76 Å². The van der Waals surface area contributed by atoms with Gasteiger partial charge in [-0.15, -0.1) is 0 Å². The number of ether oxygens (including phenoxy) is 5. The molecule has 0 saturated carbocycles. The summed E-state index contributed by atoms with van der Waals surface area (Å²) in [7, 11) is 1.12. The smallest absolute Gasteiger partial charge is 0.373 e. The van der Waals surface area contributed by atoms with Crippen LogP contribution >= 0.6 is 0 Å². The summed E-state index contributed by atoms with van der Waals surface area (Å²) in [4.78, 5) is 58.3. The molecule has 1 heterocycles. The number of hydrogen-bond donors (Lipinski definition) is 2. The van der Waals surface area contributed by atoms with Crippen LogP contribution in [0.3, 0.4) is 0 Å². The highest BCUT2D eigenvalue weighted by Crippen LogP contribution is 2.26. The average molecular weight is 430 g/mol. The van der Waals surface area contributed by atoms with Crippen LogP contribution in [0.25, 0.3) is 0 Å². The van der Waals surface area contributed by atoms with Crippen molar-refractivity contribution in [3.8, 4) is 0 Å². The molecule has 3 N–H and O–H groups in total. The summed E-state index contributed by atoms with van der Waals surface area (Å²) in [6.45, 7) is 4.08. The lowest BCUT2D eigenvalue weighted by Gasteiger charge is -2.40. The Kier molecular flexibility index (Phi) is 9.24. The average Bonchev–Trinajstić information content (AvgIpc) is 2.63. The van der Waals surface area contributed by atoms with Crippen molar-refractivity contribution in [3.63, 3.8) is 0 Å². The molecule has 5 atom stereocenters. The fourth-order valence-electron chi connectivity index (χ4n) is 2.81. The fraction of sp³-hybridized carbons (Fsp3) is 0.611. The molecule has 0 aromatic carbocycles. The van der Waals surface area contributed by atoms with Gasteiger partial charge in [0.2, 0.25) is 11.7 Å². The van der Waals surface area contributed by atoms with Crippen molar-refractivity contribution in [2.45, 2.75) is 58.1 Å². The Bertz CT molecular complexity index is 720. The SMILES string of the molecule is COC(=O)C1=C[C@@H](N)[C@H](NC(C)=O)[C@@H]([C@@H](OC(C)=O)[C@H](COC(C)=O)OC(C)=O)O1. The molecule has 0 saturated heterocycles. The molecule has 0 aliphatic carbocycles. The molecular weight excluding hydrogens is 404 g/mol. The zero-order valence-electron chi connectivity index (χ0n) is 17.3. The Hall–Kier alpha value is -3.15. The first-order valence-corrected chi connectivity index (χ1v) is 8.93. The molecule has 1 rings (SSSR count). The van der Waals surface area contributed by atoms with Crippen LogP contribution in [0.15, 0.2) is 11.8 Å². The van der Waals surface area contributed by atoms with Gasteiger partial charge in [-0.3, -0.25) is 19.2 Å². The fourth-order valence-corrected chi connectivity index (χ4v) is 2.81. The van der Waals surface area contributed by atoms with Crippen molar-refractivity contribution in [2.24, 2.45) is 5.73 Å². The van der Waals surface area contributed by atoms with Gasteiger partial charge in [-0.25, -0.2) is 4.79 Å². The number of amides is 1. The highest BCUT2D eigenvalue weighted by molar-refractivity contribution is 5.86. The van der Waals surface area contributed by atoms with Crippen LogP contribution in [0.2, 0.25) is 0 Å². The maximum atomic E-state index is 12.0. The number of nitrogens with one attached hydrogen (secondary N) is 1. The molecule has 168 valence electrons. The summed E-state index contributed by atoms with van der Waals surface area (Å²) in [6.07, 6.45) is -2.77. The lowest BCUT2D eigenvalue weighted by molar-refractivity contribution is -0.187. The topological polar surface area (TPSA) is 170 Å². The molecule has 0 radical (unpaired) electrons. The van der Waals surface area contributed by atoms with Gasteiger partial charge in [-0.2, -0.15) is 0 Å². The monoisotopic (exact) mass is 430 g/mol. The quantitative estimate of drug-likeness (QED) is 0.346. The highest BCUT2D eigenvalue weighted by atomic mass is 16.6. The Balaban J connectivity index is 3.41. The van der Waals surface area contributed by atoms with Crippen LogP contribution in [-0.4, -0.2) is 73.9 Å². The van der Waals surface area contributed by atoms with Gasteiger partial charge in [0, 0.05) is 27.7 Å². The number of carbonyl (C=O) groups excluding carboxylic acids is 5. The number of carbonyl (C=O) groups is 5. The van der Waals surface area contributed by atoms with Crippen LogP contribution in [0, 0.1) is 0 Å². The highest BCUT2D eigenvalue weighted by Gasteiger charge is 2.47. The Morgan fingerprint density at radius 3 is 2.13 bits per heavy atom. The van der Waals surface area contributed by atoms with E-state index in [2.05, 4.69) is 10.1 Å². The van der Waals surface area contributed by atoms with Crippen LogP contribution in [0.4, 0.5) is 0 Å². The third-order valence-electron chi connectivity index (χ3n) is 3.89. The summed E-state index contributed by atoms with van der Waals surface area (Å²) in [5, 5.41) is 2.56. The van der Waals surface area contributed by atoms with Crippen LogP contribution < -0.4 is 11.1 Å². The van der Waals surface area contributed by atoms with Gasteiger partial charge >= 0.3 is 23.9 Å². The molecule has 0 bridgehead atoms. The molecule has 1 aliphatic heterocycles. The molecule has 0 fully saturated rings. The van der Waals surface area contributed by atoms with Crippen molar-refractivity contribution in [2.75, 3.05) is 13.7 Å². The number of esters is 4. The van der Waals surface area contributed by atoms with Crippen LogP contribution in [0.1, 0.15) is 27.7 Å². The second kappa shape index (κ2) is 11.1. The first kappa shape index (κ1) is 24.9. The van der Waals surface area contributed by atoms with Crippen LogP contribution in [-0.2, 0) is 47.7 Å². The van der Waals surface area contributed by atoms with E-state index >= 15 is 0 Å². The summed E-state index contributed by atoms with van der Waals surface area (Å²) in [5.41, 5.74) is 6.08. The van der Waals surface area contributed by atoms with E-state index in [0.29, 0.717) is 0 Å².